The van der Waals surface area contributed by atoms with Crippen LogP contribution in [0.5, 0.6) is 0 Å². The van der Waals surface area contributed by atoms with E-state index < -0.39 is 0 Å². The molecule has 0 aliphatic carbocycles. The number of rotatable bonds is 4. The van der Waals surface area contributed by atoms with E-state index in [0.29, 0.717) is 6.04 Å². The van der Waals surface area contributed by atoms with Crippen LogP contribution in [0.3, 0.4) is 0 Å². The second-order valence-corrected chi connectivity index (χ2v) is 5.69. The van der Waals surface area contributed by atoms with Crippen molar-refractivity contribution in [2.75, 3.05) is 45.8 Å². The Morgan fingerprint density at radius 2 is 2.24 bits per heavy atom. The Morgan fingerprint density at radius 3 is 3.05 bits per heavy atom. The van der Waals surface area contributed by atoms with Crippen molar-refractivity contribution in [3.05, 3.63) is 12.3 Å². The lowest BCUT2D eigenvalue weighted by atomic mass is 10.1. The van der Waals surface area contributed by atoms with Gasteiger partial charge in [-0.25, -0.2) is 4.99 Å². The van der Waals surface area contributed by atoms with Gasteiger partial charge in [0.25, 0.3) is 0 Å². The third-order valence-corrected chi connectivity index (χ3v) is 4.02. The highest BCUT2D eigenvalue weighted by molar-refractivity contribution is 5.95. The number of hydrogen-bond acceptors (Lipinski definition) is 6. The van der Waals surface area contributed by atoms with Crippen molar-refractivity contribution >= 4 is 17.8 Å². The van der Waals surface area contributed by atoms with E-state index >= 15 is 0 Å². The normalized spacial score (nSPS) is 27.1. The maximum atomic E-state index is 4.42. The van der Waals surface area contributed by atoms with Gasteiger partial charge in [-0.05, 0) is 0 Å². The second kappa shape index (κ2) is 7.59. The van der Waals surface area contributed by atoms with Gasteiger partial charge in [-0.1, -0.05) is 6.08 Å². The molecule has 0 amide bonds. The minimum Gasteiger partial charge on any atom is -0.314 e. The van der Waals surface area contributed by atoms with Gasteiger partial charge in [-0.3, -0.25) is 14.9 Å². The van der Waals surface area contributed by atoms with Gasteiger partial charge in [0.1, 0.15) is 5.84 Å². The van der Waals surface area contributed by atoms with Gasteiger partial charge in [-0.15, -0.1) is 0 Å². The molecule has 6 heteroatoms. The van der Waals surface area contributed by atoms with Crippen molar-refractivity contribution in [3.8, 4) is 0 Å². The topological polar surface area (TPSA) is 64.4 Å². The van der Waals surface area contributed by atoms with Gasteiger partial charge in [-0.2, -0.15) is 0 Å². The summed E-state index contributed by atoms with van der Waals surface area (Å²) < 4.78 is 0. The van der Waals surface area contributed by atoms with Gasteiger partial charge in [0.05, 0.1) is 13.1 Å². The first-order valence-electron chi connectivity index (χ1n) is 7.83. The van der Waals surface area contributed by atoms with Gasteiger partial charge in [0.15, 0.2) is 0 Å². The zero-order valence-electron chi connectivity index (χ0n) is 12.5. The third kappa shape index (κ3) is 4.56. The molecule has 3 aliphatic heterocycles. The van der Waals surface area contributed by atoms with E-state index in [4.69, 9.17) is 0 Å². The fourth-order valence-electron chi connectivity index (χ4n) is 2.87. The number of hydrogen-bond donors (Lipinski definition) is 2. The Kier molecular flexibility index (Phi) is 5.26. The lowest BCUT2D eigenvalue weighted by Crippen LogP contribution is -2.41. The molecule has 21 heavy (non-hydrogen) atoms. The Labute approximate surface area is 126 Å². The highest BCUT2D eigenvalue weighted by Crippen LogP contribution is 2.07. The summed E-state index contributed by atoms with van der Waals surface area (Å²) in [5, 5.41) is 7.20. The van der Waals surface area contributed by atoms with E-state index in [-0.39, 0.29) is 0 Å². The first-order valence-corrected chi connectivity index (χ1v) is 7.83. The zero-order valence-corrected chi connectivity index (χ0v) is 12.5. The van der Waals surface area contributed by atoms with Crippen molar-refractivity contribution in [3.63, 3.8) is 0 Å². The van der Waals surface area contributed by atoms with E-state index in [1.54, 1.807) is 0 Å². The Balaban J connectivity index is 1.46. The molecule has 1 unspecified atom stereocenters. The SMILES string of the molecule is C1=CN=C(CC2CNCCN(CC3=NCC=N3)CCN2)C1. The molecule has 2 N–H and O–H groups in total. The number of allylic oxidation sites excluding steroid dienone is 1. The quantitative estimate of drug-likeness (QED) is 0.770. The third-order valence-electron chi connectivity index (χ3n) is 4.02. The van der Waals surface area contributed by atoms with Crippen LogP contribution in [-0.4, -0.2) is 74.5 Å². The monoisotopic (exact) mass is 288 g/mol. The fourth-order valence-corrected chi connectivity index (χ4v) is 2.87. The van der Waals surface area contributed by atoms with Crippen LogP contribution in [0.1, 0.15) is 12.8 Å². The van der Waals surface area contributed by atoms with Gasteiger partial charge < -0.3 is 10.6 Å². The van der Waals surface area contributed by atoms with Crippen LogP contribution >= 0.6 is 0 Å². The highest BCUT2D eigenvalue weighted by atomic mass is 15.2. The summed E-state index contributed by atoms with van der Waals surface area (Å²) in [6, 6.07) is 0.477. The molecule has 0 radical (unpaired) electrons. The van der Waals surface area contributed by atoms with Crippen LogP contribution in [-0.2, 0) is 0 Å². The zero-order chi connectivity index (χ0) is 14.3. The lowest BCUT2D eigenvalue weighted by molar-refractivity contribution is 0.316. The van der Waals surface area contributed by atoms with Crippen LogP contribution in [0.4, 0.5) is 0 Å². The number of aliphatic imine (C=N–C) groups is 3. The lowest BCUT2D eigenvalue weighted by Gasteiger charge is -2.21. The summed E-state index contributed by atoms with van der Waals surface area (Å²) in [6.07, 6.45) is 7.98. The van der Waals surface area contributed by atoms with Crippen LogP contribution in [0.25, 0.3) is 0 Å². The first kappa shape index (κ1) is 14.6. The van der Waals surface area contributed by atoms with Crippen LogP contribution in [0.15, 0.2) is 27.3 Å². The molecule has 1 fully saturated rings. The molecule has 3 rings (SSSR count). The Bertz CT molecular complexity index is 465. The van der Waals surface area contributed by atoms with Gasteiger partial charge in [0, 0.05) is 69.7 Å². The Morgan fingerprint density at radius 1 is 1.29 bits per heavy atom. The standard InChI is InChI=1S/C15H24N6/c1-2-13(17-3-1)10-14-11-16-6-8-21(9-7-18-14)12-15-19-4-5-20-15/h1,3-4,14,16,18H,2,5-12H2. The maximum absolute atomic E-state index is 4.42. The molecule has 1 saturated heterocycles. The molecule has 0 spiro atoms. The minimum atomic E-state index is 0.477. The van der Waals surface area contributed by atoms with E-state index in [1.807, 2.05) is 12.4 Å². The smallest absolute Gasteiger partial charge is 0.137 e. The van der Waals surface area contributed by atoms with E-state index in [9.17, 15) is 0 Å². The maximum Gasteiger partial charge on any atom is 0.137 e. The molecule has 0 aromatic rings. The predicted molar refractivity (Wildman–Crippen MR) is 87.7 cm³/mol. The summed E-state index contributed by atoms with van der Waals surface area (Å²) in [6.45, 7) is 6.72. The van der Waals surface area contributed by atoms with Crippen molar-refractivity contribution < 1.29 is 0 Å². The molecule has 3 heterocycles. The average Bonchev–Trinajstić information content (AvgIpc) is 3.16. The van der Waals surface area contributed by atoms with Crippen molar-refractivity contribution in [2.45, 2.75) is 18.9 Å². The molecule has 0 saturated carbocycles. The number of nitrogens with zero attached hydrogens (tertiary/aromatic N) is 4. The largest absolute Gasteiger partial charge is 0.314 e. The molecule has 0 bridgehead atoms. The molecule has 0 aromatic carbocycles. The highest BCUT2D eigenvalue weighted by Gasteiger charge is 2.16. The molecule has 0 aromatic heterocycles. The van der Waals surface area contributed by atoms with E-state index in [0.717, 1.165) is 64.5 Å². The van der Waals surface area contributed by atoms with E-state index in [1.165, 1.54) is 5.71 Å². The summed E-state index contributed by atoms with van der Waals surface area (Å²) in [7, 11) is 0. The Hall–Kier alpha value is -1.37. The van der Waals surface area contributed by atoms with Gasteiger partial charge in [0.2, 0.25) is 0 Å². The molecule has 114 valence electrons. The summed E-state index contributed by atoms with van der Waals surface area (Å²) in [5.74, 6) is 0.970. The van der Waals surface area contributed by atoms with Crippen LogP contribution < -0.4 is 10.6 Å². The number of nitrogens with one attached hydrogen (secondary N) is 2. The molecular weight excluding hydrogens is 264 g/mol. The summed E-state index contributed by atoms with van der Waals surface area (Å²) >= 11 is 0. The molecular formula is C15H24N6. The number of amidine groups is 1. The van der Waals surface area contributed by atoms with Gasteiger partial charge >= 0.3 is 0 Å². The molecule has 6 nitrogen and oxygen atoms in total. The fraction of sp³-hybridized carbons (Fsp3) is 0.667. The van der Waals surface area contributed by atoms with Crippen LogP contribution in [0, 0.1) is 0 Å². The average molecular weight is 288 g/mol. The van der Waals surface area contributed by atoms with Crippen molar-refractivity contribution in [1.82, 2.24) is 15.5 Å². The molecule has 1 atom stereocenters. The first-order chi connectivity index (χ1) is 10.4. The molecule has 3 aliphatic rings. The van der Waals surface area contributed by atoms with E-state index in [2.05, 4.69) is 36.6 Å². The summed E-state index contributed by atoms with van der Waals surface area (Å²) in [5.41, 5.74) is 1.29. The predicted octanol–water partition coefficient (Wildman–Crippen LogP) is 0.0812. The van der Waals surface area contributed by atoms with Crippen LogP contribution in [0.2, 0.25) is 0 Å². The summed E-state index contributed by atoms with van der Waals surface area (Å²) in [4.78, 5) is 15.5. The minimum absolute atomic E-state index is 0.477. The van der Waals surface area contributed by atoms with Crippen molar-refractivity contribution in [1.29, 1.82) is 0 Å². The van der Waals surface area contributed by atoms with Crippen molar-refractivity contribution in [2.24, 2.45) is 15.0 Å². The second-order valence-electron chi connectivity index (χ2n) is 5.69.